The number of ketones is 1. The minimum atomic E-state index is 0.362. The first-order valence-corrected chi connectivity index (χ1v) is 5.73. The molecule has 14 heavy (non-hydrogen) atoms. The standard InChI is InChI=1S/C12H21NO/c1-12(2,3)8-13-9-4-5-10(13)7-11(14)6-9/h9-10H,4-8H2,1-3H3/t9-,10+. The van der Waals surface area contributed by atoms with Crippen LogP contribution in [-0.2, 0) is 4.79 Å². The smallest absolute Gasteiger partial charge is 0.136 e. The van der Waals surface area contributed by atoms with E-state index in [9.17, 15) is 4.79 Å². The lowest BCUT2D eigenvalue weighted by molar-refractivity contribution is -0.124. The minimum absolute atomic E-state index is 0.362. The fourth-order valence-corrected chi connectivity index (χ4v) is 2.87. The van der Waals surface area contributed by atoms with Gasteiger partial charge in [0.1, 0.15) is 5.78 Å². The molecule has 2 heterocycles. The van der Waals surface area contributed by atoms with E-state index in [0.29, 0.717) is 23.3 Å². The minimum Gasteiger partial charge on any atom is -0.300 e. The molecule has 0 unspecified atom stereocenters. The molecule has 0 aliphatic carbocycles. The average Bonchev–Trinajstić information content (AvgIpc) is 2.31. The van der Waals surface area contributed by atoms with Crippen LogP contribution in [0.5, 0.6) is 0 Å². The Morgan fingerprint density at radius 3 is 2.14 bits per heavy atom. The topological polar surface area (TPSA) is 20.3 Å². The quantitative estimate of drug-likeness (QED) is 0.639. The number of hydrogen-bond donors (Lipinski definition) is 0. The van der Waals surface area contributed by atoms with Crippen molar-refractivity contribution in [3.63, 3.8) is 0 Å². The second-order valence-corrected chi connectivity index (χ2v) is 6.06. The van der Waals surface area contributed by atoms with Crippen molar-refractivity contribution < 1.29 is 4.79 Å². The summed E-state index contributed by atoms with van der Waals surface area (Å²) in [5, 5.41) is 0. The van der Waals surface area contributed by atoms with Crippen LogP contribution in [-0.4, -0.2) is 29.3 Å². The van der Waals surface area contributed by atoms with Gasteiger partial charge in [0.15, 0.2) is 0 Å². The molecule has 0 radical (unpaired) electrons. The van der Waals surface area contributed by atoms with E-state index >= 15 is 0 Å². The van der Waals surface area contributed by atoms with E-state index in [1.165, 1.54) is 12.8 Å². The Morgan fingerprint density at radius 2 is 1.71 bits per heavy atom. The first-order valence-electron chi connectivity index (χ1n) is 5.73. The molecule has 2 bridgehead atoms. The largest absolute Gasteiger partial charge is 0.300 e. The van der Waals surface area contributed by atoms with Crippen LogP contribution in [0.15, 0.2) is 0 Å². The maximum atomic E-state index is 11.4. The van der Waals surface area contributed by atoms with Crippen LogP contribution in [0.3, 0.4) is 0 Å². The monoisotopic (exact) mass is 195 g/mol. The van der Waals surface area contributed by atoms with E-state index in [-0.39, 0.29) is 0 Å². The highest BCUT2D eigenvalue weighted by atomic mass is 16.1. The number of nitrogens with zero attached hydrogens (tertiary/aromatic N) is 1. The van der Waals surface area contributed by atoms with Crippen LogP contribution < -0.4 is 0 Å². The van der Waals surface area contributed by atoms with Crippen molar-refractivity contribution in [2.75, 3.05) is 6.54 Å². The average molecular weight is 195 g/mol. The van der Waals surface area contributed by atoms with Crippen molar-refractivity contribution >= 4 is 5.78 Å². The van der Waals surface area contributed by atoms with E-state index in [1.54, 1.807) is 0 Å². The van der Waals surface area contributed by atoms with E-state index < -0.39 is 0 Å². The molecule has 2 atom stereocenters. The van der Waals surface area contributed by atoms with Crippen LogP contribution in [0.2, 0.25) is 0 Å². The Kier molecular flexibility index (Phi) is 2.42. The normalized spacial score (nSPS) is 33.8. The molecule has 2 aliphatic heterocycles. The molecular formula is C12H21NO. The highest BCUT2D eigenvalue weighted by Crippen LogP contribution is 2.35. The van der Waals surface area contributed by atoms with Gasteiger partial charge in [0.05, 0.1) is 0 Å². The van der Waals surface area contributed by atoms with Crippen molar-refractivity contribution in [2.24, 2.45) is 5.41 Å². The van der Waals surface area contributed by atoms with Crippen LogP contribution >= 0.6 is 0 Å². The molecule has 2 fully saturated rings. The van der Waals surface area contributed by atoms with Gasteiger partial charge in [-0.2, -0.15) is 0 Å². The van der Waals surface area contributed by atoms with Crippen molar-refractivity contribution in [3.05, 3.63) is 0 Å². The summed E-state index contributed by atoms with van der Waals surface area (Å²) in [4.78, 5) is 14.0. The fourth-order valence-electron chi connectivity index (χ4n) is 2.87. The molecule has 2 nitrogen and oxygen atoms in total. The second kappa shape index (κ2) is 3.34. The Hall–Kier alpha value is -0.370. The number of hydrogen-bond acceptors (Lipinski definition) is 2. The van der Waals surface area contributed by atoms with Crippen molar-refractivity contribution in [2.45, 2.75) is 58.5 Å². The molecule has 0 N–H and O–H groups in total. The Morgan fingerprint density at radius 1 is 1.21 bits per heavy atom. The Labute approximate surface area is 86.7 Å². The molecule has 2 saturated heterocycles. The van der Waals surface area contributed by atoms with Crippen molar-refractivity contribution in [1.29, 1.82) is 0 Å². The molecule has 2 aliphatic rings. The lowest BCUT2D eigenvalue weighted by Crippen LogP contribution is -2.46. The Bertz CT molecular complexity index is 225. The van der Waals surface area contributed by atoms with Crippen molar-refractivity contribution in [3.8, 4) is 0 Å². The maximum absolute atomic E-state index is 11.4. The van der Waals surface area contributed by atoms with Gasteiger partial charge < -0.3 is 0 Å². The zero-order valence-corrected chi connectivity index (χ0v) is 9.55. The highest BCUT2D eigenvalue weighted by molar-refractivity contribution is 5.80. The molecular weight excluding hydrogens is 174 g/mol. The number of carbonyl (C=O) groups is 1. The van der Waals surface area contributed by atoms with Gasteiger partial charge in [0.2, 0.25) is 0 Å². The van der Waals surface area contributed by atoms with Crippen LogP contribution in [0, 0.1) is 5.41 Å². The van der Waals surface area contributed by atoms with Gasteiger partial charge in [-0.05, 0) is 18.3 Å². The number of piperidine rings is 1. The van der Waals surface area contributed by atoms with E-state index in [2.05, 4.69) is 25.7 Å². The molecule has 2 rings (SSSR count). The van der Waals surface area contributed by atoms with E-state index in [4.69, 9.17) is 0 Å². The lowest BCUT2D eigenvalue weighted by atomic mass is 9.92. The van der Waals surface area contributed by atoms with Crippen molar-refractivity contribution in [1.82, 2.24) is 4.90 Å². The fraction of sp³-hybridized carbons (Fsp3) is 0.917. The highest BCUT2D eigenvalue weighted by Gasteiger charge is 2.41. The molecule has 0 saturated carbocycles. The molecule has 0 spiro atoms. The predicted octanol–water partition coefficient (Wildman–Crippen LogP) is 2.23. The molecule has 0 aromatic heterocycles. The van der Waals surface area contributed by atoms with Gasteiger partial charge in [-0.1, -0.05) is 20.8 Å². The van der Waals surface area contributed by atoms with Gasteiger partial charge in [0.25, 0.3) is 0 Å². The third-order valence-electron chi connectivity index (χ3n) is 3.35. The molecule has 0 aromatic rings. The third kappa shape index (κ3) is 2.00. The van der Waals surface area contributed by atoms with E-state index in [1.807, 2.05) is 0 Å². The summed E-state index contributed by atoms with van der Waals surface area (Å²) in [6.45, 7) is 7.99. The molecule has 0 amide bonds. The number of Topliss-reactive ketones (excluding diaryl/α,β-unsaturated/α-hetero) is 1. The first-order chi connectivity index (χ1) is 6.46. The summed E-state index contributed by atoms with van der Waals surface area (Å²) in [6, 6.07) is 1.14. The first kappa shape index (κ1) is 10.2. The number of rotatable bonds is 1. The summed E-state index contributed by atoms with van der Waals surface area (Å²) >= 11 is 0. The van der Waals surface area contributed by atoms with Crippen LogP contribution in [0.25, 0.3) is 0 Å². The predicted molar refractivity (Wildman–Crippen MR) is 57.2 cm³/mol. The summed E-state index contributed by atoms with van der Waals surface area (Å²) in [6.07, 6.45) is 4.11. The zero-order valence-electron chi connectivity index (χ0n) is 9.55. The lowest BCUT2D eigenvalue weighted by Gasteiger charge is -2.38. The second-order valence-electron chi connectivity index (χ2n) is 6.06. The van der Waals surface area contributed by atoms with Gasteiger partial charge >= 0.3 is 0 Å². The SMILES string of the molecule is CC(C)(C)CN1[C@@H]2CC[C@H]1CC(=O)C2. The summed E-state index contributed by atoms with van der Waals surface area (Å²) in [5.74, 6) is 0.489. The number of fused-ring (bicyclic) bond motifs is 2. The van der Waals surface area contributed by atoms with E-state index in [0.717, 1.165) is 19.4 Å². The third-order valence-corrected chi connectivity index (χ3v) is 3.35. The molecule has 2 heteroatoms. The summed E-state index contributed by atoms with van der Waals surface area (Å²) in [7, 11) is 0. The summed E-state index contributed by atoms with van der Waals surface area (Å²) in [5.41, 5.74) is 0.362. The molecule has 0 aromatic carbocycles. The molecule has 80 valence electrons. The maximum Gasteiger partial charge on any atom is 0.136 e. The zero-order chi connectivity index (χ0) is 10.3. The Balaban J connectivity index is 2.04. The van der Waals surface area contributed by atoms with Crippen LogP contribution in [0.4, 0.5) is 0 Å². The van der Waals surface area contributed by atoms with Crippen LogP contribution in [0.1, 0.15) is 46.5 Å². The van der Waals surface area contributed by atoms with Gasteiger partial charge in [-0.25, -0.2) is 0 Å². The van der Waals surface area contributed by atoms with Gasteiger partial charge in [-0.3, -0.25) is 9.69 Å². The summed E-state index contributed by atoms with van der Waals surface area (Å²) < 4.78 is 0. The van der Waals surface area contributed by atoms with Gasteiger partial charge in [-0.15, -0.1) is 0 Å². The number of carbonyl (C=O) groups excluding carboxylic acids is 1. The van der Waals surface area contributed by atoms with Gasteiger partial charge in [0, 0.05) is 31.5 Å².